The van der Waals surface area contributed by atoms with Gasteiger partial charge in [-0.15, -0.1) is 0 Å². The fourth-order valence-electron chi connectivity index (χ4n) is 4.78. The van der Waals surface area contributed by atoms with Gasteiger partial charge in [-0.2, -0.15) is 0 Å². The molecular formula is C29H45AlO5P. The first kappa shape index (κ1) is 30.9. The van der Waals surface area contributed by atoms with Crippen LogP contribution in [-0.2, 0) is 38.2 Å². The minimum Gasteiger partial charge on any atom is -0.412 e. The summed E-state index contributed by atoms with van der Waals surface area (Å²) in [5.74, 6) is 2.33. The topological polar surface area (TPSA) is 76.3 Å². The van der Waals surface area contributed by atoms with Crippen LogP contribution in [0.1, 0.15) is 103 Å². The van der Waals surface area contributed by atoms with Gasteiger partial charge in [0.1, 0.15) is 11.5 Å². The minimum absolute atomic E-state index is 0. The monoisotopic (exact) mass is 531 g/mol. The third-order valence-corrected chi connectivity index (χ3v) is 8.38. The Morgan fingerprint density at radius 2 is 1.17 bits per heavy atom. The van der Waals surface area contributed by atoms with Gasteiger partial charge in [-0.25, -0.2) is 4.57 Å². The third-order valence-electron chi connectivity index (χ3n) is 6.30. The van der Waals surface area contributed by atoms with Crippen molar-refractivity contribution in [3.8, 4) is 11.5 Å². The summed E-state index contributed by atoms with van der Waals surface area (Å²) >= 11 is 1.17. The second-order valence-corrected chi connectivity index (χ2v) is 15.2. The van der Waals surface area contributed by atoms with Gasteiger partial charge >= 0.3 is 24.4 Å². The van der Waals surface area contributed by atoms with Crippen molar-refractivity contribution in [2.24, 2.45) is 11.8 Å². The smallest absolute Gasteiger partial charge is 0.412 e. The van der Waals surface area contributed by atoms with Crippen molar-refractivity contribution in [2.45, 2.75) is 99.3 Å². The largest absolute Gasteiger partial charge is 0.558 e. The Labute approximate surface area is 227 Å². The quantitative estimate of drug-likeness (QED) is 0.303. The van der Waals surface area contributed by atoms with E-state index < -0.39 is 7.82 Å². The molecule has 0 aromatic heterocycles. The van der Waals surface area contributed by atoms with Crippen LogP contribution in [0.15, 0.2) is 24.3 Å². The Bertz CT molecular complexity index is 1040. The lowest BCUT2D eigenvalue weighted by molar-refractivity contribution is 0.297. The Balaban J connectivity index is 0.00000456. The third kappa shape index (κ3) is 7.18. The van der Waals surface area contributed by atoms with Crippen LogP contribution in [0, 0.1) is 11.8 Å². The molecule has 3 rings (SSSR count). The van der Waals surface area contributed by atoms with Gasteiger partial charge in [-0.1, -0.05) is 93.5 Å². The lowest BCUT2D eigenvalue weighted by Gasteiger charge is -2.33. The van der Waals surface area contributed by atoms with Gasteiger partial charge in [-0.3, -0.25) is 0 Å². The van der Waals surface area contributed by atoms with Crippen molar-refractivity contribution in [3.63, 3.8) is 0 Å². The predicted molar refractivity (Wildman–Crippen MR) is 151 cm³/mol. The average Bonchev–Trinajstić information content (AvgIpc) is 2.67. The van der Waals surface area contributed by atoms with E-state index in [1.807, 2.05) is 0 Å². The van der Waals surface area contributed by atoms with Gasteiger partial charge in [0.2, 0.25) is 0 Å². The number of hydrogen-bond donors (Lipinski definition) is 0. The molecule has 0 aliphatic carbocycles. The maximum atomic E-state index is 13.9. The summed E-state index contributed by atoms with van der Waals surface area (Å²) in [6, 6.07) is 8.88. The fraction of sp³-hybridized carbons (Fsp3) is 0.586. The average molecular weight is 532 g/mol. The minimum atomic E-state index is -3.90. The first-order valence-electron chi connectivity index (χ1n) is 12.8. The van der Waals surface area contributed by atoms with Gasteiger partial charge in [0, 0.05) is 17.5 Å². The van der Waals surface area contributed by atoms with Crippen LogP contribution in [0.4, 0.5) is 0 Å². The first-order chi connectivity index (χ1) is 16.0. The first-order valence-corrected chi connectivity index (χ1v) is 14.8. The lowest BCUT2D eigenvalue weighted by Crippen LogP contribution is -2.20. The fourth-order valence-corrected chi connectivity index (χ4v) is 6.12. The molecule has 0 spiro atoms. The van der Waals surface area contributed by atoms with Gasteiger partial charge in [-0.05, 0) is 57.8 Å². The molecule has 0 unspecified atom stereocenters. The number of hydrogen-bond acceptors (Lipinski definition) is 4. The molecule has 0 atom stereocenters. The molecule has 1 radical (unpaired) electrons. The van der Waals surface area contributed by atoms with Crippen LogP contribution in [0.2, 0.25) is 0 Å². The molecule has 199 valence electrons. The summed E-state index contributed by atoms with van der Waals surface area (Å²) in [7, 11) is -3.90. The molecule has 0 bridgehead atoms. The van der Waals surface area contributed by atoms with Gasteiger partial charge in [0.15, 0.2) is 0 Å². The number of benzene rings is 2. The molecule has 1 aliphatic heterocycles. The summed E-state index contributed by atoms with van der Waals surface area (Å²) in [5.41, 5.74) is 6.31. The van der Waals surface area contributed by atoms with Crippen molar-refractivity contribution in [2.75, 3.05) is 0 Å². The van der Waals surface area contributed by atoms with Crippen molar-refractivity contribution in [1.82, 2.24) is 0 Å². The molecule has 2 aromatic carbocycles. The van der Waals surface area contributed by atoms with E-state index in [-0.39, 0.29) is 16.3 Å². The Kier molecular flexibility index (Phi) is 9.65. The normalized spacial score (nSPS) is 15.2. The summed E-state index contributed by atoms with van der Waals surface area (Å²) < 4.78 is 31.9. The second kappa shape index (κ2) is 11.2. The number of rotatable bonds is 5. The summed E-state index contributed by atoms with van der Waals surface area (Å²) in [4.78, 5) is 0. The molecule has 2 aromatic rings. The van der Waals surface area contributed by atoms with Gasteiger partial charge in [0.05, 0.1) is 0 Å². The summed E-state index contributed by atoms with van der Waals surface area (Å²) in [5, 5.41) is 0. The van der Waals surface area contributed by atoms with Crippen LogP contribution in [-0.4, -0.2) is 22.1 Å². The maximum Gasteiger partial charge on any atom is 0.558 e. The van der Waals surface area contributed by atoms with E-state index >= 15 is 0 Å². The SMILES string of the molecule is CC(C)Cc1cc2c(c(C(C)(C)C)c1)OP(=O)([O][AlH])Oc1c(cc(CC(C)C)cc1C(C)(C)C)C2.O. The van der Waals surface area contributed by atoms with Crippen LogP contribution < -0.4 is 9.05 Å². The van der Waals surface area contributed by atoms with E-state index in [0.717, 1.165) is 35.1 Å². The van der Waals surface area contributed by atoms with Crippen LogP contribution in [0.25, 0.3) is 0 Å². The number of phosphoric acid groups is 1. The van der Waals surface area contributed by atoms with Crippen molar-refractivity contribution in [3.05, 3.63) is 57.6 Å². The molecule has 0 saturated heterocycles. The molecule has 0 amide bonds. The summed E-state index contributed by atoms with van der Waals surface area (Å²) in [6.07, 6.45) is 2.61. The molecule has 36 heavy (non-hydrogen) atoms. The molecule has 0 saturated carbocycles. The molecule has 1 aliphatic rings. The van der Waals surface area contributed by atoms with E-state index in [1.54, 1.807) is 0 Å². The highest BCUT2D eigenvalue weighted by Crippen LogP contribution is 2.56. The number of fused-ring (bicyclic) bond motifs is 2. The molecule has 5 nitrogen and oxygen atoms in total. The van der Waals surface area contributed by atoms with E-state index in [9.17, 15) is 4.57 Å². The Morgan fingerprint density at radius 3 is 1.44 bits per heavy atom. The van der Waals surface area contributed by atoms with Crippen molar-refractivity contribution in [1.29, 1.82) is 0 Å². The van der Waals surface area contributed by atoms with Crippen LogP contribution in [0.3, 0.4) is 0 Å². The Morgan fingerprint density at radius 1 is 0.806 bits per heavy atom. The maximum absolute atomic E-state index is 13.9. The molecule has 0 fully saturated rings. The zero-order valence-electron chi connectivity index (χ0n) is 23.9. The zero-order chi connectivity index (χ0) is 26.3. The lowest BCUT2D eigenvalue weighted by atomic mass is 9.80. The van der Waals surface area contributed by atoms with Gasteiger partial charge < -0.3 is 18.1 Å². The van der Waals surface area contributed by atoms with Gasteiger partial charge in [0.25, 0.3) is 0 Å². The Hall–Kier alpha value is -1.28. The molecule has 7 heteroatoms. The highest BCUT2D eigenvalue weighted by molar-refractivity contribution is 7.50. The number of phosphoric ester groups is 1. The van der Waals surface area contributed by atoms with Crippen LogP contribution in [0.5, 0.6) is 11.5 Å². The highest BCUT2D eigenvalue weighted by Gasteiger charge is 2.37. The molecule has 1 heterocycles. The van der Waals surface area contributed by atoms with Crippen molar-refractivity contribution < 1.29 is 22.7 Å². The van der Waals surface area contributed by atoms with E-state index in [2.05, 4.69) is 93.5 Å². The molecule has 2 N–H and O–H groups in total. The molecular weight excluding hydrogens is 486 g/mol. The van der Waals surface area contributed by atoms with E-state index in [1.165, 1.54) is 27.8 Å². The summed E-state index contributed by atoms with van der Waals surface area (Å²) in [6.45, 7) is 21.9. The standard InChI is InChI=1S/C29H43O4P.Al.H2O.H/c1-18(2)11-20-13-22-17-23-14-21(12-19(3)4)16-25(29(8,9)10)27(23)33-34(30,31)32-26(22)24(15-20)28(5,6)7;;;/h13-16,18-19H,11-12,17H2,1-10H3,(H,30,31);;1H2;/q;+1;;/p-1. The van der Waals surface area contributed by atoms with Crippen molar-refractivity contribution >= 4 is 24.4 Å². The predicted octanol–water partition coefficient (Wildman–Crippen LogP) is 7.16. The zero-order valence-corrected chi connectivity index (χ0v) is 26.2. The second-order valence-electron chi connectivity index (χ2n) is 12.9. The van der Waals surface area contributed by atoms with E-state index in [4.69, 9.17) is 12.6 Å². The van der Waals surface area contributed by atoms with E-state index in [0.29, 0.717) is 29.8 Å². The highest BCUT2D eigenvalue weighted by atomic mass is 31.2. The van der Waals surface area contributed by atoms with Crippen LogP contribution >= 0.6 is 7.82 Å².